The number of rotatable bonds is 5. The largest absolute Gasteiger partial charge is 0.497 e. The normalized spacial score (nSPS) is 15.3. The Bertz CT molecular complexity index is 855. The monoisotopic (exact) mass is 347 g/mol. The van der Waals surface area contributed by atoms with Crippen molar-refractivity contribution in [1.82, 2.24) is 9.88 Å². The van der Waals surface area contributed by atoms with Gasteiger partial charge in [-0.05, 0) is 36.4 Å². The summed E-state index contributed by atoms with van der Waals surface area (Å²) >= 11 is 0. The van der Waals surface area contributed by atoms with E-state index in [1.165, 1.54) is 16.8 Å². The zero-order chi connectivity index (χ0) is 17.8. The van der Waals surface area contributed by atoms with Crippen LogP contribution in [0.1, 0.15) is 5.69 Å². The van der Waals surface area contributed by atoms with Gasteiger partial charge < -0.3 is 9.64 Å². The first-order valence-corrected chi connectivity index (χ1v) is 9.28. The number of hydrogen-bond donors (Lipinski definition) is 0. The molecular formula is C22H25N3O. The van der Waals surface area contributed by atoms with Gasteiger partial charge in [-0.1, -0.05) is 24.3 Å². The molecule has 4 heteroatoms. The number of fused-ring (bicyclic) bond motifs is 1. The van der Waals surface area contributed by atoms with E-state index >= 15 is 0 Å². The van der Waals surface area contributed by atoms with Gasteiger partial charge in [0.15, 0.2) is 0 Å². The van der Waals surface area contributed by atoms with Crippen LogP contribution in [-0.2, 0) is 6.42 Å². The van der Waals surface area contributed by atoms with Gasteiger partial charge >= 0.3 is 0 Å². The Morgan fingerprint density at radius 2 is 1.65 bits per heavy atom. The molecule has 0 atom stereocenters. The summed E-state index contributed by atoms with van der Waals surface area (Å²) in [7, 11) is 1.71. The molecule has 26 heavy (non-hydrogen) atoms. The van der Waals surface area contributed by atoms with Crippen molar-refractivity contribution in [1.29, 1.82) is 0 Å². The zero-order valence-corrected chi connectivity index (χ0v) is 15.3. The highest BCUT2D eigenvalue weighted by Crippen LogP contribution is 2.20. The van der Waals surface area contributed by atoms with Crippen molar-refractivity contribution < 1.29 is 4.74 Å². The predicted octanol–water partition coefficient (Wildman–Crippen LogP) is 3.61. The second-order valence-electron chi connectivity index (χ2n) is 6.77. The zero-order valence-electron chi connectivity index (χ0n) is 15.3. The maximum absolute atomic E-state index is 5.24. The number of aromatic nitrogens is 1. The summed E-state index contributed by atoms with van der Waals surface area (Å²) in [6, 6.07) is 21.0. The number of nitrogens with zero attached hydrogens (tertiary/aromatic N) is 3. The second-order valence-corrected chi connectivity index (χ2v) is 6.77. The van der Waals surface area contributed by atoms with Gasteiger partial charge in [0.05, 0.1) is 12.6 Å². The molecule has 4 nitrogen and oxygen atoms in total. The number of methoxy groups -OCH3 is 1. The van der Waals surface area contributed by atoms with Crippen LogP contribution in [-0.4, -0.2) is 49.7 Å². The molecule has 1 fully saturated rings. The van der Waals surface area contributed by atoms with Crippen molar-refractivity contribution in [3.63, 3.8) is 0 Å². The van der Waals surface area contributed by atoms with E-state index in [9.17, 15) is 0 Å². The molecular weight excluding hydrogens is 322 g/mol. The molecule has 2 aromatic carbocycles. The van der Waals surface area contributed by atoms with E-state index < -0.39 is 0 Å². The first-order valence-electron chi connectivity index (χ1n) is 9.28. The number of para-hydroxylation sites is 1. The minimum Gasteiger partial charge on any atom is -0.497 e. The van der Waals surface area contributed by atoms with Crippen LogP contribution in [0.25, 0.3) is 10.9 Å². The quantitative estimate of drug-likeness (QED) is 0.705. The third-order valence-electron chi connectivity index (χ3n) is 5.15. The standard InChI is InChI=1S/C22H25N3O/c1-26-21-10-8-20(9-11-21)25-16-14-24(15-17-25)13-12-19-7-6-18-4-2-3-5-22(18)23-19/h2-11H,12-17H2,1H3. The molecule has 0 N–H and O–H groups in total. The van der Waals surface area contributed by atoms with Crippen molar-refractivity contribution in [2.24, 2.45) is 0 Å². The number of anilines is 1. The summed E-state index contributed by atoms with van der Waals surface area (Å²) in [5.74, 6) is 0.912. The molecule has 0 aliphatic carbocycles. The highest BCUT2D eigenvalue weighted by atomic mass is 16.5. The number of piperazine rings is 1. The number of hydrogen-bond acceptors (Lipinski definition) is 4. The van der Waals surface area contributed by atoms with Crippen LogP contribution in [0.4, 0.5) is 5.69 Å². The van der Waals surface area contributed by atoms with Crippen LogP contribution in [0.2, 0.25) is 0 Å². The van der Waals surface area contributed by atoms with Crippen LogP contribution in [0.5, 0.6) is 5.75 Å². The SMILES string of the molecule is COc1ccc(N2CCN(CCc3ccc4ccccc4n3)CC2)cc1. The molecule has 1 aromatic heterocycles. The van der Waals surface area contributed by atoms with Crippen molar-refractivity contribution in [3.8, 4) is 5.75 Å². The Morgan fingerprint density at radius 1 is 0.885 bits per heavy atom. The van der Waals surface area contributed by atoms with Gasteiger partial charge in [-0.3, -0.25) is 9.88 Å². The summed E-state index contributed by atoms with van der Waals surface area (Å²) in [6.45, 7) is 5.40. The molecule has 1 aliphatic heterocycles. The molecule has 0 amide bonds. The highest BCUT2D eigenvalue weighted by molar-refractivity contribution is 5.78. The minimum atomic E-state index is 0.912. The van der Waals surface area contributed by atoms with Crippen molar-refractivity contribution in [3.05, 3.63) is 66.4 Å². The third-order valence-corrected chi connectivity index (χ3v) is 5.15. The van der Waals surface area contributed by atoms with Crippen LogP contribution < -0.4 is 9.64 Å². The molecule has 3 aromatic rings. The lowest BCUT2D eigenvalue weighted by Crippen LogP contribution is -2.47. The maximum atomic E-state index is 5.24. The van der Waals surface area contributed by atoms with Crippen LogP contribution in [0.15, 0.2) is 60.7 Å². The Hall–Kier alpha value is -2.59. The summed E-state index contributed by atoms with van der Waals surface area (Å²) in [5.41, 5.74) is 3.55. The molecule has 2 heterocycles. The Balaban J connectivity index is 1.30. The first-order chi connectivity index (χ1) is 12.8. The number of pyridine rings is 1. The van der Waals surface area contributed by atoms with Crippen LogP contribution in [0, 0.1) is 0 Å². The van der Waals surface area contributed by atoms with E-state index in [0.29, 0.717) is 0 Å². The predicted molar refractivity (Wildman–Crippen MR) is 107 cm³/mol. The fourth-order valence-electron chi connectivity index (χ4n) is 3.54. The van der Waals surface area contributed by atoms with Gasteiger partial charge in [-0.15, -0.1) is 0 Å². The first kappa shape index (κ1) is 16.9. The topological polar surface area (TPSA) is 28.6 Å². The second kappa shape index (κ2) is 7.75. The van der Waals surface area contributed by atoms with Crippen LogP contribution in [0.3, 0.4) is 0 Å². The molecule has 0 saturated carbocycles. The molecule has 0 bridgehead atoms. The highest BCUT2D eigenvalue weighted by Gasteiger charge is 2.17. The maximum Gasteiger partial charge on any atom is 0.119 e. The fourth-order valence-corrected chi connectivity index (χ4v) is 3.54. The number of ether oxygens (including phenoxy) is 1. The van der Waals surface area contributed by atoms with Gasteiger partial charge in [-0.25, -0.2) is 0 Å². The van der Waals surface area contributed by atoms with Crippen molar-refractivity contribution in [2.45, 2.75) is 6.42 Å². The van der Waals surface area contributed by atoms with Gasteiger partial charge in [0, 0.05) is 55.9 Å². The van der Waals surface area contributed by atoms with E-state index in [-0.39, 0.29) is 0 Å². The Labute approximate surface area is 155 Å². The average molecular weight is 347 g/mol. The lowest BCUT2D eigenvalue weighted by atomic mass is 10.1. The van der Waals surface area contributed by atoms with E-state index in [1.807, 2.05) is 12.1 Å². The molecule has 134 valence electrons. The lowest BCUT2D eigenvalue weighted by Gasteiger charge is -2.36. The number of benzene rings is 2. The van der Waals surface area contributed by atoms with E-state index in [2.05, 4.69) is 58.3 Å². The van der Waals surface area contributed by atoms with Gasteiger partial charge in [0.1, 0.15) is 5.75 Å². The van der Waals surface area contributed by atoms with Gasteiger partial charge in [0.25, 0.3) is 0 Å². The van der Waals surface area contributed by atoms with Crippen molar-refractivity contribution in [2.75, 3.05) is 44.7 Å². The molecule has 4 rings (SSSR count). The van der Waals surface area contributed by atoms with Gasteiger partial charge in [0.2, 0.25) is 0 Å². The summed E-state index contributed by atoms with van der Waals surface area (Å²) in [4.78, 5) is 9.78. The third kappa shape index (κ3) is 3.81. The molecule has 0 unspecified atom stereocenters. The Morgan fingerprint density at radius 3 is 2.42 bits per heavy atom. The van der Waals surface area contributed by atoms with Crippen LogP contribution >= 0.6 is 0 Å². The van der Waals surface area contributed by atoms with E-state index in [1.54, 1.807) is 7.11 Å². The summed E-state index contributed by atoms with van der Waals surface area (Å²) in [6.07, 6.45) is 1.01. The molecule has 0 radical (unpaired) electrons. The Kier molecular flexibility index (Phi) is 5.02. The minimum absolute atomic E-state index is 0.912. The molecule has 1 saturated heterocycles. The van der Waals surface area contributed by atoms with Crippen molar-refractivity contribution >= 4 is 16.6 Å². The van der Waals surface area contributed by atoms with E-state index in [0.717, 1.165) is 50.4 Å². The average Bonchev–Trinajstić information content (AvgIpc) is 2.72. The fraction of sp³-hybridized carbons (Fsp3) is 0.318. The van der Waals surface area contributed by atoms with E-state index in [4.69, 9.17) is 9.72 Å². The van der Waals surface area contributed by atoms with Gasteiger partial charge in [-0.2, -0.15) is 0 Å². The molecule has 0 spiro atoms. The lowest BCUT2D eigenvalue weighted by molar-refractivity contribution is 0.260. The smallest absolute Gasteiger partial charge is 0.119 e. The summed E-state index contributed by atoms with van der Waals surface area (Å²) in [5, 5.41) is 1.21. The molecule has 1 aliphatic rings. The summed E-state index contributed by atoms with van der Waals surface area (Å²) < 4.78 is 5.24.